The van der Waals surface area contributed by atoms with Gasteiger partial charge in [0.2, 0.25) is 10.0 Å². The van der Waals surface area contributed by atoms with Crippen LogP contribution < -0.4 is 20.1 Å². The molecule has 2 unspecified atom stereocenters. The van der Waals surface area contributed by atoms with Gasteiger partial charge in [-0.2, -0.15) is 0 Å². The molecular weight excluding hydrogens is 597 g/mol. The molecule has 0 aliphatic heterocycles. The van der Waals surface area contributed by atoms with Gasteiger partial charge >= 0.3 is 7.60 Å². The van der Waals surface area contributed by atoms with Gasteiger partial charge in [-0.25, -0.2) is 8.42 Å². The fraction of sp³-hybridized carbons (Fsp3) is 0.269. The number of hydrogen-bond acceptors (Lipinski definition) is 9. The number of aliphatic hydroxyl groups is 1. The molecule has 0 aliphatic carbocycles. The van der Waals surface area contributed by atoms with Crippen LogP contribution in [0.2, 0.25) is 5.02 Å². The highest BCUT2D eigenvalue weighted by molar-refractivity contribution is 7.92. The molecule has 0 saturated heterocycles. The van der Waals surface area contributed by atoms with Crippen LogP contribution in [0, 0.1) is 0 Å². The van der Waals surface area contributed by atoms with Gasteiger partial charge in [0.25, 0.3) is 0 Å². The van der Waals surface area contributed by atoms with Crippen molar-refractivity contribution in [2.75, 3.05) is 36.5 Å². The van der Waals surface area contributed by atoms with Crippen LogP contribution in [0.5, 0.6) is 11.5 Å². The number of aliphatic hydroxyl groups excluding tert-OH is 1. The number of hydrogen-bond donors (Lipinski definition) is 7. The summed E-state index contributed by atoms with van der Waals surface area (Å²) in [5.74, 6) is 0.230. The summed E-state index contributed by atoms with van der Waals surface area (Å²) in [6, 6.07) is 15.1. The molecule has 0 heterocycles. The predicted molar refractivity (Wildman–Crippen MR) is 156 cm³/mol. The van der Waals surface area contributed by atoms with Crippen molar-refractivity contribution in [3.63, 3.8) is 0 Å². The van der Waals surface area contributed by atoms with Crippen molar-refractivity contribution in [1.82, 2.24) is 5.32 Å². The Kier molecular flexibility index (Phi) is 10.4. The second-order valence-electron chi connectivity index (χ2n) is 9.36. The minimum absolute atomic E-state index is 0.0520. The van der Waals surface area contributed by atoms with Crippen LogP contribution >= 0.6 is 19.2 Å². The lowest BCUT2D eigenvalue weighted by Crippen LogP contribution is -2.50. The number of aromatic hydroxyl groups is 1. The van der Waals surface area contributed by atoms with E-state index in [1.165, 1.54) is 37.4 Å². The molecule has 3 rings (SSSR count). The van der Waals surface area contributed by atoms with E-state index < -0.39 is 35.4 Å². The van der Waals surface area contributed by atoms with E-state index in [-0.39, 0.29) is 35.1 Å². The summed E-state index contributed by atoms with van der Waals surface area (Å²) in [5.41, 5.74) is 0.00880. The first-order chi connectivity index (χ1) is 19.1. The first kappa shape index (κ1) is 32.4. The molecule has 2 atom stereocenters. The Morgan fingerprint density at radius 2 is 1.76 bits per heavy atom. The van der Waals surface area contributed by atoms with Crippen LogP contribution in [0.4, 0.5) is 11.4 Å². The molecule has 12 nitrogen and oxygen atoms in total. The summed E-state index contributed by atoms with van der Waals surface area (Å²) in [6.07, 6.45) is -0.105. The summed E-state index contributed by atoms with van der Waals surface area (Å²) in [6.45, 7) is -0.214. The van der Waals surface area contributed by atoms with E-state index in [9.17, 15) is 37.8 Å². The molecule has 0 aliphatic rings. The fourth-order valence-electron chi connectivity index (χ4n) is 4.02. The second kappa shape index (κ2) is 13.2. The highest BCUT2D eigenvalue weighted by Crippen LogP contribution is 2.40. The molecule has 0 saturated carbocycles. The topological polar surface area (TPSA) is 195 Å². The maximum Gasteiger partial charge on any atom is 0.329 e. The zero-order valence-electron chi connectivity index (χ0n) is 22.1. The van der Waals surface area contributed by atoms with E-state index in [1.807, 2.05) is 0 Å². The zero-order chi connectivity index (χ0) is 30.4. The lowest BCUT2D eigenvalue weighted by atomic mass is 9.90. The summed E-state index contributed by atoms with van der Waals surface area (Å²) >= 11 is 6.35. The maximum absolute atomic E-state index is 12.7. The van der Waals surface area contributed by atoms with Crippen molar-refractivity contribution in [2.45, 2.75) is 17.8 Å². The number of methoxy groups -OCH3 is 1. The minimum Gasteiger partial charge on any atom is -0.506 e. The van der Waals surface area contributed by atoms with Gasteiger partial charge in [-0.1, -0.05) is 35.9 Å². The third kappa shape index (κ3) is 9.17. The fourth-order valence-corrected chi connectivity index (χ4v) is 5.52. The summed E-state index contributed by atoms with van der Waals surface area (Å²) < 4.78 is 42.0. The van der Waals surface area contributed by atoms with Crippen LogP contribution in [0.3, 0.4) is 0 Å². The van der Waals surface area contributed by atoms with Crippen LogP contribution in [-0.2, 0) is 31.1 Å². The highest BCUT2D eigenvalue weighted by Gasteiger charge is 2.33. The van der Waals surface area contributed by atoms with Gasteiger partial charge in [-0.15, -0.1) is 0 Å². The Hall–Kier alpha value is -3.16. The first-order valence-corrected chi connectivity index (χ1v) is 16.1. The quantitative estimate of drug-likeness (QED) is 0.0789. The summed E-state index contributed by atoms with van der Waals surface area (Å²) in [7, 11) is -6.49. The Morgan fingerprint density at radius 3 is 2.32 bits per heavy atom. The lowest BCUT2D eigenvalue weighted by Gasteiger charge is -2.32. The number of anilines is 2. The number of phenolic OH excluding ortho intramolecular Hbond substituents is 1. The molecular formula is C26H31ClN3O9PS. The third-order valence-corrected chi connectivity index (χ3v) is 7.78. The predicted octanol–water partition coefficient (Wildman–Crippen LogP) is 2.93. The standard InChI is InChI=1S/C26H31ClN3O9PS/c1-39-20-7-5-19(6-8-20)26(16-31,15-28-22-9-3-17(11-21(22)27)14-40(34,35)36)29-13-25(33)18-4-10-24(32)23(12-18)30-41(2,37)38/h3-12,16,25,28-30,32-33H,13-15H2,1-2H3,(H2,34,35,36). The largest absolute Gasteiger partial charge is 0.506 e. The Labute approximate surface area is 242 Å². The number of carbonyl (C=O) groups is 1. The molecule has 7 N–H and O–H groups in total. The SMILES string of the molecule is COc1ccc(C(C=O)(CNc2ccc(CP(=O)(O)O)cc2Cl)NCC(O)c2ccc(O)c(NS(C)(=O)=O)c2)cc1. The van der Waals surface area contributed by atoms with Gasteiger partial charge < -0.3 is 34.8 Å². The molecule has 0 radical (unpaired) electrons. The van der Waals surface area contributed by atoms with E-state index in [2.05, 4.69) is 15.4 Å². The Bertz CT molecular complexity index is 1530. The normalized spacial score (nSPS) is 14.1. The van der Waals surface area contributed by atoms with Crippen molar-refractivity contribution in [3.05, 3.63) is 82.4 Å². The van der Waals surface area contributed by atoms with Crippen LogP contribution in [-0.4, -0.2) is 61.2 Å². The van der Waals surface area contributed by atoms with Gasteiger partial charge in [0, 0.05) is 13.1 Å². The first-order valence-electron chi connectivity index (χ1n) is 12.1. The number of carbonyl (C=O) groups excluding carboxylic acids is 1. The number of phenols is 1. The molecule has 0 bridgehead atoms. The van der Waals surface area contributed by atoms with Gasteiger partial charge in [-0.3, -0.25) is 14.6 Å². The summed E-state index contributed by atoms with van der Waals surface area (Å²) in [4.78, 5) is 31.1. The minimum atomic E-state index is -4.29. The highest BCUT2D eigenvalue weighted by atomic mass is 35.5. The van der Waals surface area contributed by atoms with Crippen molar-refractivity contribution in [3.8, 4) is 11.5 Å². The van der Waals surface area contributed by atoms with E-state index >= 15 is 0 Å². The van der Waals surface area contributed by atoms with Crippen molar-refractivity contribution >= 4 is 46.9 Å². The monoisotopic (exact) mass is 627 g/mol. The van der Waals surface area contributed by atoms with Crippen LogP contribution in [0.1, 0.15) is 22.8 Å². The van der Waals surface area contributed by atoms with E-state index in [1.54, 1.807) is 30.3 Å². The molecule has 41 heavy (non-hydrogen) atoms. The molecule has 0 amide bonds. The number of sulfonamides is 1. The van der Waals surface area contributed by atoms with Crippen LogP contribution in [0.15, 0.2) is 60.7 Å². The Balaban J connectivity index is 1.87. The maximum atomic E-state index is 12.7. The second-order valence-corrected chi connectivity index (χ2v) is 13.2. The number of benzene rings is 3. The van der Waals surface area contributed by atoms with E-state index in [0.29, 0.717) is 28.8 Å². The molecule has 0 fully saturated rings. The molecule has 3 aromatic carbocycles. The molecule has 0 spiro atoms. The van der Waals surface area contributed by atoms with Gasteiger partial charge in [0.15, 0.2) is 0 Å². The summed E-state index contributed by atoms with van der Waals surface area (Å²) in [5, 5.41) is 27.3. The third-order valence-electron chi connectivity index (χ3n) is 6.10. The van der Waals surface area contributed by atoms with Gasteiger partial charge in [-0.05, 0) is 53.1 Å². The molecule has 222 valence electrons. The number of aldehydes is 1. The molecule has 3 aromatic rings. The van der Waals surface area contributed by atoms with Crippen molar-refractivity contribution in [1.29, 1.82) is 0 Å². The average Bonchev–Trinajstić information content (AvgIpc) is 2.89. The molecule has 0 aromatic heterocycles. The number of nitrogens with one attached hydrogen (secondary N) is 3. The number of halogens is 1. The van der Waals surface area contributed by atoms with Crippen molar-refractivity contribution in [2.24, 2.45) is 0 Å². The van der Waals surface area contributed by atoms with Gasteiger partial charge in [0.1, 0.15) is 23.3 Å². The molecule has 15 heteroatoms. The number of rotatable bonds is 14. The Morgan fingerprint density at radius 1 is 1.07 bits per heavy atom. The zero-order valence-corrected chi connectivity index (χ0v) is 24.6. The average molecular weight is 628 g/mol. The number of ether oxygens (including phenoxy) is 1. The van der Waals surface area contributed by atoms with E-state index in [0.717, 1.165) is 6.26 Å². The van der Waals surface area contributed by atoms with E-state index in [4.69, 9.17) is 16.3 Å². The van der Waals surface area contributed by atoms with Crippen LogP contribution in [0.25, 0.3) is 0 Å². The van der Waals surface area contributed by atoms with Gasteiger partial charge in [0.05, 0.1) is 42.0 Å². The van der Waals surface area contributed by atoms with Crippen molar-refractivity contribution < 1.29 is 42.5 Å². The smallest absolute Gasteiger partial charge is 0.329 e. The lowest BCUT2D eigenvalue weighted by molar-refractivity contribution is -0.113.